The van der Waals surface area contributed by atoms with E-state index in [1.54, 1.807) is 12.1 Å². The molecule has 3 rings (SSSR count). The van der Waals surface area contributed by atoms with Crippen molar-refractivity contribution in [3.8, 4) is 0 Å². The van der Waals surface area contributed by atoms with Gasteiger partial charge in [0.1, 0.15) is 0 Å². The molecule has 6 heteroatoms. The van der Waals surface area contributed by atoms with Gasteiger partial charge in [0.2, 0.25) is 6.17 Å². The van der Waals surface area contributed by atoms with Crippen molar-refractivity contribution < 1.29 is 26.7 Å². The smallest absolute Gasteiger partial charge is 0.313 e. The van der Waals surface area contributed by atoms with Crippen LogP contribution in [0.4, 0.5) is 22.0 Å². The summed E-state index contributed by atoms with van der Waals surface area (Å²) in [5.74, 6) is -1.32. The third-order valence-corrected chi connectivity index (χ3v) is 5.96. The van der Waals surface area contributed by atoms with Crippen LogP contribution in [0.15, 0.2) is 42.5 Å². The summed E-state index contributed by atoms with van der Waals surface area (Å²) in [6, 6.07) is 9.09. The second-order valence-corrected chi connectivity index (χ2v) is 8.13. The molecule has 0 saturated heterocycles. The van der Waals surface area contributed by atoms with E-state index in [1.165, 1.54) is 31.2 Å². The molecule has 0 bridgehead atoms. The molecule has 164 valence electrons. The van der Waals surface area contributed by atoms with Crippen LogP contribution in [-0.4, -0.2) is 6.11 Å². The van der Waals surface area contributed by atoms with E-state index >= 15 is 0 Å². The Morgan fingerprint density at radius 3 is 2.23 bits per heavy atom. The van der Waals surface area contributed by atoms with E-state index in [2.05, 4.69) is 11.7 Å². The van der Waals surface area contributed by atoms with E-state index in [4.69, 9.17) is 0 Å². The fraction of sp³-hybridized carbons (Fsp3) is 0.500. The van der Waals surface area contributed by atoms with Crippen molar-refractivity contribution in [2.45, 2.75) is 70.3 Å². The molecule has 2 aromatic rings. The highest BCUT2D eigenvalue weighted by Gasteiger charge is 2.43. The highest BCUT2D eigenvalue weighted by molar-refractivity contribution is 5.26. The Kier molecular flexibility index (Phi) is 7.50. The van der Waals surface area contributed by atoms with Crippen LogP contribution in [0.2, 0.25) is 0 Å². The molecule has 1 atom stereocenters. The van der Waals surface area contributed by atoms with Crippen molar-refractivity contribution in [1.29, 1.82) is 0 Å². The Labute approximate surface area is 174 Å². The summed E-state index contributed by atoms with van der Waals surface area (Å²) < 4.78 is 72.9. The molecule has 0 N–H and O–H groups in total. The first kappa shape index (κ1) is 22.7. The molecule has 1 fully saturated rings. The lowest BCUT2D eigenvalue weighted by Crippen LogP contribution is -2.27. The van der Waals surface area contributed by atoms with Gasteiger partial charge < -0.3 is 4.74 Å². The van der Waals surface area contributed by atoms with E-state index in [9.17, 15) is 22.0 Å². The maximum Gasteiger partial charge on any atom is 0.391 e. The summed E-state index contributed by atoms with van der Waals surface area (Å²) >= 11 is 0. The molecule has 1 unspecified atom stereocenters. The number of rotatable bonds is 8. The van der Waals surface area contributed by atoms with Crippen molar-refractivity contribution in [3.05, 3.63) is 70.8 Å². The van der Waals surface area contributed by atoms with Gasteiger partial charge in [-0.25, -0.2) is 13.2 Å². The molecule has 0 aromatic heterocycles. The Morgan fingerprint density at radius 1 is 0.967 bits per heavy atom. The minimum absolute atomic E-state index is 0.418. The Balaban J connectivity index is 1.55. The van der Waals surface area contributed by atoms with Crippen LogP contribution < -0.4 is 0 Å². The fourth-order valence-electron chi connectivity index (χ4n) is 4.20. The van der Waals surface area contributed by atoms with Gasteiger partial charge in [0.15, 0.2) is 11.6 Å². The van der Waals surface area contributed by atoms with Crippen LogP contribution >= 0.6 is 0 Å². The Bertz CT molecular complexity index is 813. The van der Waals surface area contributed by atoms with Crippen LogP contribution in [0.1, 0.15) is 74.2 Å². The molecule has 1 nitrogen and oxygen atoms in total. The Morgan fingerprint density at radius 2 is 1.63 bits per heavy atom. The standard InChI is InChI=1S/C24H27F5O/c1-2-3-16-4-8-18(9-5-16)19-10-6-17(7-11-19)15-30-24(28,29)23(27)20-12-13-21(25)22(26)14-20/h6-7,10-14,16,18,23H,2-5,8-9,15H2,1H3. The number of halogens is 5. The lowest BCUT2D eigenvalue weighted by atomic mass is 9.77. The second-order valence-electron chi connectivity index (χ2n) is 8.13. The normalized spacial score (nSPS) is 20.9. The number of hydrogen-bond acceptors (Lipinski definition) is 1. The fourth-order valence-corrected chi connectivity index (χ4v) is 4.20. The molecule has 30 heavy (non-hydrogen) atoms. The number of benzene rings is 2. The van der Waals surface area contributed by atoms with Gasteiger partial charge in [-0.1, -0.05) is 50.1 Å². The monoisotopic (exact) mass is 426 g/mol. The molecular weight excluding hydrogens is 399 g/mol. The predicted octanol–water partition coefficient (Wildman–Crippen LogP) is 7.86. The van der Waals surface area contributed by atoms with Gasteiger partial charge in [-0.15, -0.1) is 0 Å². The van der Waals surface area contributed by atoms with Crippen LogP contribution in [-0.2, 0) is 11.3 Å². The molecule has 0 amide bonds. The molecule has 1 saturated carbocycles. The van der Waals surface area contributed by atoms with Gasteiger partial charge in [0, 0.05) is 0 Å². The van der Waals surface area contributed by atoms with Crippen molar-refractivity contribution in [2.75, 3.05) is 0 Å². The molecule has 0 spiro atoms. The van der Waals surface area contributed by atoms with Crippen molar-refractivity contribution in [2.24, 2.45) is 5.92 Å². The first-order chi connectivity index (χ1) is 14.3. The predicted molar refractivity (Wildman–Crippen MR) is 106 cm³/mol. The zero-order valence-corrected chi connectivity index (χ0v) is 17.0. The minimum Gasteiger partial charge on any atom is -0.313 e. The average molecular weight is 426 g/mol. The number of alkyl halides is 3. The molecule has 0 heterocycles. The van der Waals surface area contributed by atoms with Gasteiger partial charge in [-0.3, -0.25) is 0 Å². The summed E-state index contributed by atoms with van der Waals surface area (Å²) in [5.41, 5.74) is 1.01. The van der Waals surface area contributed by atoms with E-state index in [1.807, 2.05) is 12.1 Å². The van der Waals surface area contributed by atoms with Gasteiger partial charge in [-0.05, 0) is 66.3 Å². The van der Waals surface area contributed by atoms with Crippen molar-refractivity contribution >= 4 is 0 Å². The SMILES string of the molecule is CCCC1CCC(c2ccc(COC(F)(F)C(F)c3ccc(F)c(F)c3)cc2)CC1. The second kappa shape index (κ2) is 9.90. The van der Waals surface area contributed by atoms with Gasteiger partial charge in [-0.2, -0.15) is 8.78 Å². The van der Waals surface area contributed by atoms with Gasteiger partial charge >= 0.3 is 6.11 Å². The quantitative estimate of drug-likeness (QED) is 0.390. The summed E-state index contributed by atoms with van der Waals surface area (Å²) in [7, 11) is 0. The molecule has 0 aliphatic heterocycles. The maximum atomic E-state index is 14.2. The third-order valence-electron chi connectivity index (χ3n) is 5.96. The maximum absolute atomic E-state index is 14.2. The largest absolute Gasteiger partial charge is 0.391 e. The summed E-state index contributed by atoms with van der Waals surface area (Å²) in [4.78, 5) is 0. The summed E-state index contributed by atoms with van der Waals surface area (Å²) in [6.07, 6.45) is 0.134. The lowest BCUT2D eigenvalue weighted by molar-refractivity contribution is -0.282. The van der Waals surface area contributed by atoms with Crippen LogP contribution in [0.3, 0.4) is 0 Å². The molecule has 1 aliphatic carbocycles. The highest BCUT2D eigenvalue weighted by atomic mass is 19.3. The summed E-state index contributed by atoms with van der Waals surface area (Å²) in [5, 5.41) is 0. The van der Waals surface area contributed by atoms with Gasteiger partial charge in [0.05, 0.1) is 6.61 Å². The van der Waals surface area contributed by atoms with Crippen LogP contribution in [0.5, 0.6) is 0 Å². The van der Waals surface area contributed by atoms with E-state index < -0.39 is 36.1 Å². The van der Waals surface area contributed by atoms with Crippen LogP contribution in [0, 0.1) is 17.6 Å². The summed E-state index contributed by atoms with van der Waals surface area (Å²) in [6.45, 7) is 1.72. The van der Waals surface area contributed by atoms with E-state index in [0.29, 0.717) is 23.6 Å². The molecular formula is C24H27F5O. The molecule has 0 radical (unpaired) electrons. The highest BCUT2D eigenvalue weighted by Crippen LogP contribution is 2.39. The third kappa shape index (κ3) is 5.60. The van der Waals surface area contributed by atoms with E-state index in [0.717, 1.165) is 24.8 Å². The first-order valence-corrected chi connectivity index (χ1v) is 10.5. The topological polar surface area (TPSA) is 9.23 Å². The minimum atomic E-state index is -4.17. The zero-order valence-electron chi connectivity index (χ0n) is 17.0. The molecule has 2 aromatic carbocycles. The van der Waals surface area contributed by atoms with E-state index in [-0.39, 0.29) is 0 Å². The van der Waals surface area contributed by atoms with Crippen molar-refractivity contribution in [1.82, 2.24) is 0 Å². The van der Waals surface area contributed by atoms with Gasteiger partial charge in [0.25, 0.3) is 0 Å². The molecule has 1 aliphatic rings. The number of ether oxygens (including phenoxy) is 1. The van der Waals surface area contributed by atoms with Crippen LogP contribution in [0.25, 0.3) is 0 Å². The average Bonchev–Trinajstić information content (AvgIpc) is 2.75. The van der Waals surface area contributed by atoms with Crippen molar-refractivity contribution in [3.63, 3.8) is 0 Å². The number of hydrogen-bond donors (Lipinski definition) is 0. The first-order valence-electron chi connectivity index (χ1n) is 10.5. The lowest BCUT2D eigenvalue weighted by Gasteiger charge is -2.28. The zero-order chi connectivity index (χ0) is 21.7. The Hall–Kier alpha value is -1.95.